The van der Waals surface area contributed by atoms with E-state index >= 15 is 0 Å². The lowest BCUT2D eigenvalue weighted by Gasteiger charge is -2.17. The molecule has 8 N–H and O–H groups in total. The zero-order valence-corrected chi connectivity index (χ0v) is 19.9. The van der Waals surface area contributed by atoms with E-state index in [1.807, 2.05) is 0 Å². The number of rotatable bonds is 9. The highest BCUT2D eigenvalue weighted by Crippen LogP contribution is 2.53. The second kappa shape index (κ2) is 9.39. The molecule has 2 aliphatic heterocycles. The number of anilines is 2. The average molecular weight is 513 g/mol. The number of aromatic nitrogens is 4. The molecule has 0 saturated carbocycles. The summed E-state index contributed by atoms with van der Waals surface area (Å²) >= 11 is 0. The number of fused-ring (bicyclic) bond motifs is 2. The monoisotopic (exact) mass is 512 g/mol. The fourth-order valence-corrected chi connectivity index (χ4v) is 4.86. The first kappa shape index (κ1) is 24.3. The summed E-state index contributed by atoms with van der Waals surface area (Å²) in [5.74, 6) is -0.885. The summed E-state index contributed by atoms with van der Waals surface area (Å²) in [5, 5.41) is 26.6. The molecule has 2 unspecified atom stereocenters. The maximum atomic E-state index is 10.8. The Morgan fingerprint density at radius 3 is 2.00 bits per heavy atom. The number of nitrogens with two attached hydrogens (primary N) is 2. The van der Waals surface area contributed by atoms with Gasteiger partial charge in [-0.1, -0.05) is 0 Å². The molecule has 14 nitrogen and oxygen atoms in total. The summed E-state index contributed by atoms with van der Waals surface area (Å²) in [7, 11) is 0. The Bertz CT molecular complexity index is 1260. The van der Waals surface area contributed by atoms with Crippen LogP contribution in [0, 0.1) is 12.1 Å². The zero-order chi connectivity index (χ0) is 25.6. The van der Waals surface area contributed by atoms with E-state index in [2.05, 4.69) is 42.7 Å². The van der Waals surface area contributed by atoms with Crippen LogP contribution in [0.5, 0.6) is 0 Å². The second-order valence-electron chi connectivity index (χ2n) is 9.39. The van der Waals surface area contributed by atoms with E-state index in [1.165, 1.54) is 12.7 Å². The topological polar surface area (TPSA) is 205 Å². The van der Waals surface area contributed by atoms with Crippen LogP contribution in [0.3, 0.4) is 0 Å². The van der Waals surface area contributed by atoms with Crippen LogP contribution in [0.15, 0.2) is 12.7 Å². The van der Waals surface area contributed by atoms with Crippen molar-refractivity contribution in [3.63, 3.8) is 0 Å². The van der Waals surface area contributed by atoms with E-state index in [4.69, 9.17) is 30.4 Å². The maximum absolute atomic E-state index is 10.8. The molecule has 2 saturated heterocycles. The molecule has 14 heteroatoms. The minimum absolute atomic E-state index is 0.129. The first-order valence-electron chi connectivity index (χ1n) is 12.1. The Morgan fingerprint density at radius 2 is 1.43 bits per heavy atom. The summed E-state index contributed by atoms with van der Waals surface area (Å²) in [4.78, 5) is 16.7. The number of nitrogens with zero attached hydrogens (tertiary/aromatic N) is 4. The Morgan fingerprint density at radius 1 is 0.865 bits per heavy atom. The van der Waals surface area contributed by atoms with Crippen LogP contribution in [0.1, 0.15) is 48.2 Å². The van der Waals surface area contributed by atoms with Crippen LogP contribution >= 0.6 is 0 Å². The predicted octanol–water partition coefficient (Wildman–Crippen LogP) is -1.27. The molecular weight excluding hydrogens is 484 g/mol. The van der Waals surface area contributed by atoms with Crippen molar-refractivity contribution in [1.82, 2.24) is 19.9 Å². The third-order valence-electron chi connectivity index (χ3n) is 6.94. The molecule has 2 aliphatic carbocycles. The maximum Gasteiger partial charge on any atom is 0.243 e. The number of aliphatic hydroxyl groups is 2. The molecule has 2 aromatic heterocycles. The highest BCUT2D eigenvalue weighted by Gasteiger charge is 2.58. The van der Waals surface area contributed by atoms with Crippen LogP contribution in [-0.4, -0.2) is 74.6 Å². The van der Waals surface area contributed by atoms with Gasteiger partial charge in [0.1, 0.15) is 36.6 Å². The van der Waals surface area contributed by atoms with Crippen molar-refractivity contribution in [1.29, 1.82) is 0 Å². The van der Waals surface area contributed by atoms with Gasteiger partial charge in [-0.2, -0.15) is 0 Å². The van der Waals surface area contributed by atoms with E-state index in [1.54, 1.807) is 0 Å². The Hall–Kier alpha value is -3.00. The van der Waals surface area contributed by atoms with Crippen LogP contribution < -0.4 is 22.1 Å². The molecule has 6 rings (SSSR count). The number of ether oxygens (including phenoxy) is 4. The van der Waals surface area contributed by atoms with Crippen LogP contribution in [0.4, 0.5) is 11.6 Å². The van der Waals surface area contributed by atoms with Crippen LogP contribution in [0.2, 0.25) is 0 Å². The largest absolute Gasteiger partial charge is 0.393 e. The number of nitrogens with one attached hydrogen (secondary N) is 2. The fraction of sp³-hybridized carbons (Fsp3) is 0.565. The normalized spacial score (nSPS) is 32.8. The van der Waals surface area contributed by atoms with Crippen molar-refractivity contribution < 1.29 is 29.2 Å². The highest BCUT2D eigenvalue weighted by atomic mass is 16.6. The summed E-state index contributed by atoms with van der Waals surface area (Å²) < 4.78 is 22.8. The molecule has 37 heavy (non-hydrogen) atoms. The molecule has 2 aromatic rings. The Kier molecular flexibility index (Phi) is 6.18. The summed E-state index contributed by atoms with van der Waals surface area (Å²) in [6.45, 7) is 0.171. The van der Waals surface area contributed by atoms with E-state index < -0.39 is 11.4 Å². The molecule has 0 bridgehead atoms. The minimum Gasteiger partial charge on any atom is -0.393 e. The van der Waals surface area contributed by atoms with Gasteiger partial charge in [-0.3, -0.25) is 10.6 Å². The van der Waals surface area contributed by atoms with Crippen molar-refractivity contribution in [3.05, 3.63) is 35.2 Å². The first-order valence-corrected chi connectivity index (χ1v) is 12.1. The van der Waals surface area contributed by atoms with Crippen LogP contribution in [-0.2, 0) is 30.3 Å². The molecule has 0 spiro atoms. The fourth-order valence-electron chi connectivity index (χ4n) is 4.86. The number of hydrogen-bond donors (Lipinski definition) is 6. The molecule has 4 aliphatic rings. The summed E-state index contributed by atoms with van der Waals surface area (Å²) in [6, 6.07) is 5.49. The van der Waals surface area contributed by atoms with Gasteiger partial charge in [0.2, 0.25) is 5.79 Å². The molecule has 0 aromatic carbocycles. The molecule has 0 radical (unpaired) electrons. The molecule has 196 valence electrons. The lowest BCUT2D eigenvalue weighted by molar-refractivity contribution is -0.166. The van der Waals surface area contributed by atoms with E-state index in [0.29, 0.717) is 34.2 Å². The van der Waals surface area contributed by atoms with Crippen molar-refractivity contribution in [3.8, 4) is 12.1 Å². The van der Waals surface area contributed by atoms with Gasteiger partial charge >= 0.3 is 0 Å². The molecule has 6 atom stereocenters. The lowest BCUT2D eigenvalue weighted by atomic mass is 10.2. The van der Waals surface area contributed by atoms with Gasteiger partial charge in [0.25, 0.3) is 0 Å². The predicted molar refractivity (Wildman–Crippen MR) is 126 cm³/mol. The van der Waals surface area contributed by atoms with Gasteiger partial charge in [0, 0.05) is 12.1 Å². The quantitative estimate of drug-likeness (QED) is 0.132. The van der Waals surface area contributed by atoms with Crippen molar-refractivity contribution >= 4 is 11.6 Å². The van der Waals surface area contributed by atoms with Gasteiger partial charge in [0.15, 0.2) is 11.4 Å². The van der Waals surface area contributed by atoms with E-state index in [-0.39, 0.29) is 44.5 Å². The zero-order valence-electron chi connectivity index (χ0n) is 19.9. The second-order valence-corrected chi connectivity index (χ2v) is 9.39. The van der Waals surface area contributed by atoms with Gasteiger partial charge < -0.3 is 40.6 Å². The summed E-state index contributed by atoms with van der Waals surface area (Å²) in [6.07, 6.45) is 4.87. The highest BCUT2D eigenvalue weighted by molar-refractivity contribution is 5.68. The van der Waals surface area contributed by atoms with Gasteiger partial charge in [-0.15, -0.1) is 0 Å². The number of aliphatic hydroxyl groups excluding tert-OH is 1. The van der Waals surface area contributed by atoms with Crippen molar-refractivity contribution in [2.45, 2.75) is 61.7 Å². The van der Waals surface area contributed by atoms with Gasteiger partial charge in [0.05, 0.1) is 48.8 Å². The third kappa shape index (κ3) is 4.39. The van der Waals surface area contributed by atoms with Gasteiger partial charge in [-0.05, 0) is 25.7 Å². The summed E-state index contributed by atoms with van der Waals surface area (Å²) in [5.41, 5.74) is 12.5. The Balaban J connectivity index is 1.06. The SMILES string of the molecule is N[C@H]1CC[C@@H](COC2(O)c3ncnc(NC#CNc4ncnc5c4C5(CO)OC[C@@H]4CC[C@H](N)O4)c32)O1. The molecular formula is C23H28N8O6. The standard InChI is InChI=1S/C23H28N8O6/c24-14-3-1-12(36-14)7-34-22(9-32)16-18(22)28-10-30-20(16)26-5-6-27-21-17-19(29-11-31-21)23(17,33)35-8-13-2-4-15(25)37-13/h10-15,32-33H,1-4,7-9,24-25H2,(H,26,28,30)(H,27,29,31)/t12-,13-,14+,15+,22?,23?/m0/s1. The molecule has 0 amide bonds. The molecule has 2 fully saturated rings. The van der Waals surface area contributed by atoms with Gasteiger partial charge in [-0.25, -0.2) is 19.9 Å². The third-order valence-corrected chi connectivity index (χ3v) is 6.94. The van der Waals surface area contributed by atoms with E-state index in [0.717, 1.165) is 25.7 Å². The van der Waals surface area contributed by atoms with Crippen molar-refractivity contribution in [2.75, 3.05) is 30.5 Å². The molecule has 4 heterocycles. The smallest absolute Gasteiger partial charge is 0.243 e. The van der Waals surface area contributed by atoms with Crippen LogP contribution in [0.25, 0.3) is 0 Å². The Labute approximate surface area is 212 Å². The average Bonchev–Trinajstić information content (AvgIpc) is 3.53. The number of hydrogen-bond acceptors (Lipinski definition) is 14. The first-order chi connectivity index (χ1) is 17.9. The van der Waals surface area contributed by atoms with E-state index in [9.17, 15) is 10.2 Å². The minimum atomic E-state index is -1.63. The van der Waals surface area contributed by atoms with Crippen molar-refractivity contribution in [2.24, 2.45) is 11.5 Å². The lowest BCUT2D eigenvalue weighted by Crippen LogP contribution is -2.27.